The Morgan fingerprint density at radius 1 is 1.12 bits per heavy atom. The molecule has 0 aliphatic rings. The topological polar surface area (TPSA) is 84.8 Å². The SMILES string of the molecule is CS(=O)(=O)c1ccc(-n2cc(C(F)(F)F)nc2-c2c[nH]ccc2=O)cc1. The molecule has 6 nitrogen and oxygen atoms in total. The van der Waals surface area contributed by atoms with Crippen molar-refractivity contribution in [2.45, 2.75) is 11.1 Å². The molecule has 0 spiro atoms. The zero-order valence-electron chi connectivity index (χ0n) is 13.3. The van der Waals surface area contributed by atoms with E-state index in [1.165, 1.54) is 42.7 Å². The lowest BCUT2D eigenvalue weighted by atomic mass is 10.2. The Bertz CT molecular complexity index is 1110. The highest BCUT2D eigenvalue weighted by Gasteiger charge is 2.35. The molecule has 0 fully saturated rings. The number of imidazole rings is 1. The number of sulfone groups is 1. The predicted octanol–water partition coefficient (Wildman–Crippen LogP) is 2.65. The number of nitrogens with zero attached hydrogens (tertiary/aromatic N) is 2. The summed E-state index contributed by atoms with van der Waals surface area (Å²) < 4.78 is 63.4. The van der Waals surface area contributed by atoms with E-state index in [0.29, 0.717) is 0 Å². The van der Waals surface area contributed by atoms with E-state index in [1.54, 1.807) is 0 Å². The zero-order valence-corrected chi connectivity index (χ0v) is 14.1. The number of alkyl halides is 3. The van der Waals surface area contributed by atoms with E-state index in [1.807, 2.05) is 0 Å². The zero-order chi connectivity index (χ0) is 19.1. The largest absolute Gasteiger partial charge is 0.434 e. The first-order valence-corrected chi connectivity index (χ1v) is 9.11. The van der Waals surface area contributed by atoms with Crippen LogP contribution in [0.3, 0.4) is 0 Å². The number of benzene rings is 1. The summed E-state index contributed by atoms with van der Waals surface area (Å²) in [5.41, 5.74) is -1.48. The van der Waals surface area contributed by atoms with Crippen LogP contribution in [0.2, 0.25) is 0 Å². The molecule has 0 aliphatic heterocycles. The fourth-order valence-electron chi connectivity index (χ4n) is 2.35. The third-order valence-corrected chi connectivity index (χ3v) is 4.73. The van der Waals surface area contributed by atoms with Crippen molar-refractivity contribution in [1.29, 1.82) is 0 Å². The average molecular weight is 383 g/mol. The average Bonchev–Trinajstić information content (AvgIpc) is 3.00. The molecule has 0 unspecified atom stereocenters. The molecule has 10 heteroatoms. The first-order valence-electron chi connectivity index (χ1n) is 7.22. The van der Waals surface area contributed by atoms with Gasteiger partial charge >= 0.3 is 6.18 Å². The summed E-state index contributed by atoms with van der Waals surface area (Å²) >= 11 is 0. The van der Waals surface area contributed by atoms with Crippen LogP contribution >= 0.6 is 0 Å². The second-order valence-electron chi connectivity index (χ2n) is 5.51. The monoisotopic (exact) mass is 383 g/mol. The molecule has 2 aromatic heterocycles. The number of nitrogens with one attached hydrogen (secondary N) is 1. The number of pyridine rings is 1. The van der Waals surface area contributed by atoms with Gasteiger partial charge in [-0.05, 0) is 24.3 Å². The van der Waals surface area contributed by atoms with Gasteiger partial charge in [0.1, 0.15) is 0 Å². The molecule has 3 rings (SSSR count). The molecule has 0 amide bonds. The van der Waals surface area contributed by atoms with E-state index in [0.717, 1.165) is 17.0 Å². The summed E-state index contributed by atoms with van der Waals surface area (Å²) in [5.74, 6) is -0.203. The quantitative estimate of drug-likeness (QED) is 0.754. The first kappa shape index (κ1) is 17.9. The van der Waals surface area contributed by atoms with Crippen LogP contribution < -0.4 is 5.43 Å². The maximum Gasteiger partial charge on any atom is 0.434 e. The molecule has 0 saturated heterocycles. The normalized spacial score (nSPS) is 12.3. The minimum atomic E-state index is -4.70. The maximum atomic E-state index is 13.1. The molecule has 0 saturated carbocycles. The van der Waals surface area contributed by atoms with Crippen molar-refractivity contribution in [3.05, 3.63) is 64.8 Å². The Kier molecular flexibility index (Phi) is 4.23. The van der Waals surface area contributed by atoms with Gasteiger partial charge in [-0.1, -0.05) is 0 Å². The highest BCUT2D eigenvalue weighted by molar-refractivity contribution is 7.90. The van der Waals surface area contributed by atoms with Crippen LogP contribution in [0.25, 0.3) is 17.1 Å². The minimum Gasteiger partial charge on any atom is -0.367 e. The second kappa shape index (κ2) is 6.13. The van der Waals surface area contributed by atoms with E-state index in [4.69, 9.17) is 0 Å². The molecule has 1 N–H and O–H groups in total. The van der Waals surface area contributed by atoms with Crippen molar-refractivity contribution in [1.82, 2.24) is 14.5 Å². The van der Waals surface area contributed by atoms with E-state index < -0.39 is 27.1 Å². The van der Waals surface area contributed by atoms with Crippen LogP contribution in [-0.4, -0.2) is 29.2 Å². The second-order valence-corrected chi connectivity index (χ2v) is 7.52. The van der Waals surface area contributed by atoms with Gasteiger partial charge in [-0.25, -0.2) is 13.4 Å². The summed E-state index contributed by atoms with van der Waals surface area (Å²) in [6, 6.07) is 6.42. The van der Waals surface area contributed by atoms with Crippen molar-refractivity contribution in [3.63, 3.8) is 0 Å². The van der Waals surface area contributed by atoms with Crippen LogP contribution in [-0.2, 0) is 16.0 Å². The molecule has 0 bridgehead atoms. The van der Waals surface area contributed by atoms with Crippen molar-refractivity contribution < 1.29 is 21.6 Å². The predicted molar refractivity (Wildman–Crippen MR) is 87.7 cm³/mol. The Hall–Kier alpha value is -2.88. The van der Waals surface area contributed by atoms with Gasteiger partial charge in [0.15, 0.2) is 26.8 Å². The van der Waals surface area contributed by atoms with Crippen LogP contribution in [0.1, 0.15) is 5.69 Å². The number of hydrogen-bond donors (Lipinski definition) is 1. The number of hydrogen-bond acceptors (Lipinski definition) is 4. The summed E-state index contributed by atoms with van der Waals surface area (Å²) in [7, 11) is -3.45. The van der Waals surface area contributed by atoms with Crippen LogP contribution in [0.5, 0.6) is 0 Å². The lowest BCUT2D eigenvalue weighted by molar-refractivity contribution is -0.140. The third kappa shape index (κ3) is 3.40. The van der Waals surface area contributed by atoms with Crippen molar-refractivity contribution in [2.75, 3.05) is 6.26 Å². The van der Waals surface area contributed by atoms with Crippen LogP contribution in [0, 0.1) is 0 Å². The number of rotatable bonds is 3. The molecule has 2 heterocycles. The highest BCUT2D eigenvalue weighted by atomic mass is 32.2. The van der Waals surface area contributed by atoms with Crippen molar-refractivity contribution in [2.24, 2.45) is 0 Å². The summed E-state index contributed by atoms with van der Waals surface area (Å²) in [6.07, 6.45) is -0.307. The van der Waals surface area contributed by atoms with Gasteiger partial charge in [-0.3, -0.25) is 9.36 Å². The van der Waals surface area contributed by atoms with Gasteiger partial charge in [-0.2, -0.15) is 13.2 Å². The molecular formula is C16H12F3N3O3S. The molecule has 0 radical (unpaired) electrons. The van der Waals surface area contributed by atoms with E-state index >= 15 is 0 Å². The van der Waals surface area contributed by atoms with E-state index in [-0.39, 0.29) is 22.0 Å². The Labute approximate surface area is 145 Å². The number of H-pyrrole nitrogens is 1. The Balaban J connectivity index is 2.22. The summed E-state index contributed by atoms with van der Waals surface area (Å²) in [4.78, 5) is 18.2. The Morgan fingerprint density at radius 3 is 2.31 bits per heavy atom. The van der Waals surface area contributed by atoms with Gasteiger partial charge in [0.25, 0.3) is 0 Å². The molecule has 0 aliphatic carbocycles. The lowest BCUT2D eigenvalue weighted by Crippen LogP contribution is -2.08. The Morgan fingerprint density at radius 2 is 1.77 bits per heavy atom. The lowest BCUT2D eigenvalue weighted by Gasteiger charge is -2.08. The summed E-state index contributed by atoms with van der Waals surface area (Å²) in [6.45, 7) is 0. The molecule has 136 valence electrons. The van der Waals surface area contributed by atoms with Gasteiger partial charge < -0.3 is 4.98 Å². The van der Waals surface area contributed by atoms with Gasteiger partial charge in [-0.15, -0.1) is 0 Å². The number of aromatic amines is 1. The highest BCUT2D eigenvalue weighted by Crippen LogP contribution is 2.31. The van der Waals surface area contributed by atoms with Crippen LogP contribution in [0.4, 0.5) is 13.2 Å². The minimum absolute atomic E-state index is 0.0246. The van der Waals surface area contributed by atoms with E-state index in [2.05, 4.69) is 9.97 Å². The number of halogens is 3. The smallest absolute Gasteiger partial charge is 0.367 e. The molecule has 3 aromatic rings. The molecule has 1 aromatic carbocycles. The first-order chi connectivity index (χ1) is 12.1. The number of aromatic nitrogens is 3. The standard InChI is InChI=1S/C16H12F3N3O3S/c1-26(24,25)11-4-2-10(3-5-11)22-9-14(16(17,18)19)21-15(22)12-8-20-7-6-13(12)23/h2-9H,1H3,(H,20,23). The third-order valence-electron chi connectivity index (χ3n) is 3.60. The maximum absolute atomic E-state index is 13.1. The van der Waals surface area contributed by atoms with Gasteiger partial charge in [0, 0.05) is 36.6 Å². The summed E-state index contributed by atoms with van der Waals surface area (Å²) in [5, 5.41) is 0. The van der Waals surface area contributed by atoms with Gasteiger partial charge in [0.2, 0.25) is 0 Å². The van der Waals surface area contributed by atoms with Crippen molar-refractivity contribution >= 4 is 9.84 Å². The van der Waals surface area contributed by atoms with Crippen molar-refractivity contribution in [3.8, 4) is 17.1 Å². The molecule has 0 atom stereocenters. The fraction of sp³-hybridized carbons (Fsp3) is 0.125. The van der Waals surface area contributed by atoms with Crippen LogP contribution in [0.15, 0.2) is 58.6 Å². The van der Waals surface area contributed by atoms with E-state index in [9.17, 15) is 26.4 Å². The molecule has 26 heavy (non-hydrogen) atoms. The van der Waals surface area contributed by atoms with Gasteiger partial charge in [0.05, 0.1) is 10.5 Å². The molecular weight excluding hydrogens is 371 g/mol. The fourth-order valence-corrected chi connectivity index (χ4v) is 2.98.